The molecule has 3 rings (SSSR count). The third-order valence-electron chi connectivity index (χ3n) is 5.18. The van der Waals surface area contributed by atoms with Crippen molar-refractivity contribution in [1.29, 1.82) is 0 Å². The van der Waals surface area contributed by atoms with Crippen LogP contribution in [0.25, 0.3) is 0 Å². The molecule has 1 aliphatic rings. The van der Waals surface area contributed by atoms with Gasteiger partial charge in [0.05, 0.1) is 4.90 Å². The molecule has 6 heteroatoms. The van der Waals surface area contributed by atoms with Gasteiger partial charge in [0.15, 0.2) is 0 Å². The predicted octanol–water partition coefficient (Wildman–Crippen LogP) is 5.53. The van der Waals surface area contributed by atoms with E-state index >= 15 is 0 Å². The molecule has 0 amide bonds. The Hall–Kier alpha value is -1.14. The van der Waals surface area contributed by atoms with E-state index in [2.05, 4.69) is 19.6 Å². The molecule has 1 heterocycles. The summed E-state index contributed by atoms with van der Waals surface area (Å²) < 4.78 is 28.5. The van der Waals surface area contributed by atoms with Gasteiger partial charge in [-0.2, -0.15) is 4.31 Å². The Morgan fingerprint density at radius 1 is 1.04 bits per heavy atom. The zero-order valence-electron chi connectivity index (χ0n) is 16.4. The summed E-state index contributed by atoms with van der Waals surface area (Å²) in [5, 5.41) is 0.708. The maximum Gasteiger partial charge on any atom is 0.243 e. The molecule has 0 N–H and O–H groups in total. The molecule has 146 valence electrons. The molecular formula is C21H28ClNO2SSi. The van der Waals surface area contributed by atoms with Crippen LogP contribution in [0.3, 0.4) is 0 Å². The lowest BCUT2D eigenvalue weighted by molar-refractivity contribution is 0.405. The normalized spacial score (nSPS) is 21.5. The molecule has 3 nitrogen and oxygen atoms in total. The molecule has 1 aliphatic heterocycles. The van der Waals surface area contributed by atoms with Crippen LogP contribution in [0.15, 0.2) is 53.4 Å². The number of hydrogen-bond acceptors (Lipinski definition) is 2. The van der Waals surface area contributed by atoms with Crippen molar-refractivity contribution in [1.82, 2.24) is 4.31 Å². The van der Waals surface area contributed by atoms with E-state index in [-0.39, 0.29) is 12.0 Å². The summed E-state index contributed by atoms with van der Waals surface area (Å²) in [5.41, 5.74) is 2.23. The first-order valence-corrected chi connectivity index (χ1v) is 14.9. The molecule has 2 aromatic rings. The first kappa shape index (κ1) is 20.6. The Bertz CT molecular complexity index is 889. The van der Waals surface area contributed by atoms with Gasteiger partial charge in [0.25, 0.3) is 0 Å². The highest BCUT2D eigenvalue weighted by atomic mass is 35.5. The summed E-state index contributed by atoms with van der Waals surface area (Å²) in [4.78, 5) is 0.394. The van der Waals surface area contributed by atoms with Crippen LogP contribution >= 0.6 is 11.6 Å². The van der Waals surface area contributed by atoms with Crippen molar-refractivity contribution >= 4 is 29.7 Å². The van der Waals surface area contributed by atoms with Crippen molar-refractivity contribution in [3.63, 3.8) is 0 Å². The fourth-order valence-corrected chi connectivity index (χ4v) is 7.63. The highest BCUT2D eigenvalue weighted by Gasteiger charge is 2.42. The second-order valence-corrected chi connectivity index (χ2v) is 16.6. The topological polar surface area (TPSA) is 37.4 Å². The third kappa shape index (κ3) is 4.83. The Balaban J connectivity index is 1.94. The zero-order valence-corrected chi connectivity index (χ0v) is 19.0. The van der Waals surface area contributed by atoms with Gasteiger partial charge in [-0.25, -0.2) is 8.42 Å². The molecule has 0 unspecified atom stereocenters. The van der Waals surface area contributed by atoms with E-state index < -0.39 is 18.1 Å². The molecule has 0 saturated carbocycles. The van der Waals surface area contributed by atoms with Crippen molar-refractivity contribution in [2.75, 3.05) is 6.54 Å². The monoisotopic (exact) mass is 421 g/mol. The number of nitrogens with zero attached hydrogens (tertiary/aromatic N) is 1. The molecule has 27 heavy (non-hydrogen) atoms. The van der Waals surface area contributed by atoms with Crippen LogP contribution in [0.1, 0.15) is 23.5 Å². The maximum atomic E-state index is 13.4. The van der Waals surface area contributed by atoms with Crippen molar-refractivity contribution in [2.45, 2.75) is 55.9 Å². The lowest BCUT2D eigenvalue weighted by Gasteiger charge is -2.28. The van der Waals surface area contributed by atoms with Gasteiger partial charge in [0.1, 0.15) is 0 Å². The standard InChI is InChI=1S/C21H28ClNO2SSi/c1-16-5-11-21(12-6-16)26(24,25)23-14-18(13-20(23)15-27(2,3)4)17-7-9-19(22)10-8-17/h5-12,18,20H,13-15H2,1-4H3/t18-,20+/m1/s1. The van der Waals surface area contributed by atoms with Crippen molar-refractivity contribution in [2.24, 2.45) is 0 Å². The largest absolute Gasteiger partial charge is 0.243 e. The fourth-order valence-electron chi connectivity index (χ4n) is 3.90. The lowest BCUT2D eigenvalue weighted by Crippen LogP contribution is -2.40. The van der Waals surface area contributed by atoms with Gasteiger partial charge in [-0.1, -0.05) is 61.1 Å². The Morgan fingerprint density at radius 3 is 2.19 bits per heavy atom. The van der Waals surface area contributed by atoms with Crippen LogP contribution < -0.4 is 0 Å². The first-order valence-electron chi connectivity index (χ1n) is 9.40. The van der Waals surface area contributed by atoms with Crippen LogP contribution in [-0.2, 0) is 10.0 Å². The quantitative estimate of drug-likeness (QED) is 0.595. The van der Waals surface area contributed by atoms with E-state index in [1.54, 1.807) is 16.4 Å². The number of benzene rings is 2. The SMILES string of the molecule is Cc1ccc(S(=O)(=O)N2C[C@H](c3ccc(Cl)cc3)C[C@H]2C[Si](C)(C)C)cc1. The van der Waals surface area contributed by atoms with Gasteiger partial charge in [-0.3, -0.25) is 0 Å². The molecule has 1 saturated heterocycles. The number of hydrogen-bond donors (Lipinski definition) is 0. The van der Waals surface area contributed by atoms with E-state index in [0.717, 1.165) is 18.0 Å². The average Bonchev–Trinajstić information content (AvgIpc) is 2.98. The minimum absolute atomic E-state index is 0.0589. The van der Waals surface area contributed by atoms with Crippen molar-refractivity contribution < 1.29 is 8.42 Å². The summed E-state index contributed by atoms with van der Waals surface area (Å²) in [5.74, 6) is 0.212. The fraction of sp³-hybridized carbons (Fsp3) is 0.429. The maximum absolute atomic E-state index is 13.4. The molecule has 2 atom stereocenters. The number of halogens is 1. The number of rotatable bonds is 5. The van der Waals surface area contributed by atoms with Gasteiger partial charge < -0.3 is 0 Å². The zero-order chi connectivity index (χ0) is 19.8. The molecule has 0 bridgehead atoms. The third-order valence-corrected chi connectivity index (χ3v) is 9.06. The van der Waals surface area contributed by atoms with Crippen LogP contribution in [-0.4, -0.2) is 33.4 Å². The molecule has 0 aromatic heterocycles. The molecule has 2 aromatic carbocycles. The van der Waals surface area contributed by atoms with Gasteiger partial charge >= 0.3 is 0 Å². The van der Waals surface area contributed by atoms with Crippen LogP contribution in [0.4, 0.5) is 0 Å². The minimum atomic E-state index is -3.50. The van der Waals surface area contributed by atoms with Gasteiger partial charge in [0.2, 0.25) is 10.0 Å². The predicted molar refractivity (Wildman–Crippen MR) is 116 cm³/mol. The summed E-state index contributed by atoms with van der Waals surface area (Å²) in [6.45, 7) is 9.42. The number of sulfonamides is 1. The summed E-state index contributed by atoms with van der Waals surface area (Å²) in [6, 6.07) is 16.1. The Morgan fingerprint density at radius 2 is 1.63 bits per heavy atom. The van der Waals surface area contributed by atoms with Crippen molar-refractivity contribution in [3.05, 3.63) is 64.7 Å². The van der Waals surface area contributed by atoms with E-state index in [9.17, 15) is 8.42 Å². The molecule has 0 aliphatic carbocycles. The van der Waals surface area contributed by atoms with Gasteiger partial charge in [-0.15, -0.1) is 0 Å². The highest BCUT2D eigenvalue weighted by Crippen LogP contribution is 2.39. The van der Waals surface area contributed by atoms with Crippen molar-refractivity contribution in [3.8, 4) is 0 Å². The Kier molecular flexibility index (Phi) is 5.87. The lowest BCUT2D eigenvalue weighted by atomic mass is 9.97. The van der Waals surface area contributed by atoms with Crippen LogP contribution in [0.5, 0.6) is 0 Å². The second-order valence-electron chi connectivity index (χ2n) is 8.79. The second kappa shape index (κ2) is 7.70. The molecule has 0 spiro atoms. The number of aryl methyl sites for hydroxylation is 1. The van der Waals surface area contributed by atoms with E-state index in [0.29, 0.717) is 16.5 Å². The van der Waals surface area contributed by atoms with Crippen LogP contribution in [0.2, 0.25) is 30.7 Å². The highest BCUT2D eigenvalue weighted by molar-refractivity contribution is 7.89. The average molecular weight is 422 g/mol. The summed E-state index contributed by atoms with van der Waals surface area (Å²) in [6.07, 6.45) is 0.872. The first-order chi connectivity index (χ1) is 12.6. The molecule has 1 fully saturated rings. The molecule has 0 radical (unpaired) electrons. The summed E-state index contributed by atoms with van der Waals surface area (Å²) in [7, 11) is -4.92. The van der Waals surface area contributed by atoms with Crippen LogP contribution in [0, 0.1) is 6.92 Å². The smallest absolute Gasteiger partial charge is 0.207 e. The van der Waals surface area contributed by atoms with E-state index in [1.807, 2.05) is 43.3 Å². The molecular weight excluding hydrogens is 394 g/mol. The van der Waals surface area contributed by atoms with E-state index in [1.165, 1.54) is 5.56 Å². The summed E-state index contributed by atoms with van der Waals surface area (Å²) >= 11 is 6.03. The van der Waals surface area contributed by atoms with E-state index in [4.69, 9.17) is 11.6 Å². The Labute approximate surface area is 169 Å². The van der Waals surface area contributed by atoms with Gasteiger partial charge in [-0.05, 0) is 55.1 Å². The van der Waals surface area contributed by atoms with Gasteiger partial charge in [0, 0.05) is 25.7 Å². The minimum Gasteiger partial charge on any atom is -0.207 e.